The van der Waals surface area contributed by atoms with Gasteiger partial charge in [0.05, 0.1) is 0 Å². The minimum atomic E-state index is -7.22. The van der Waals surface area contributed by atoms with E-state index in [4.69, 9.17) is 10.2 Å². The first-order chi connectivity index (χ1) is 56.7. The molecule has 8 aromatic rings. The average Bonchev–Trinajstić information content (AvgIpc) is 1.15. The largest absolute Gasteiger partial charge is 3.00 e. The third-order valence-corrected chi connectivity index (χ3v) is 19.1. The van der Waals surface area contributed by atoms with Gasteiger partial charge < -0.3 is 10.2 Å². The summed E-state index contributed by atoms with van der Waals surface area (Å²) in [6.45, 7) is 9.20. The molecular formula is C76H52B2F40O4Zr2+4. The van der Waals surface area contributed by atoms with Crippen molar-refractivity contribution in [3.05, 3.63) is 257 Å². The first-order valence-electron chi connectivity index (χ1n) is 34.9. The summed E-state index contributed by atoms with van der Waals surface area (Å²) >= 11 is 0. The third-order valence-electron chi connectivity index (χ3n) is 19.1. The zero-order chi connectivity index (χ0) is 93.2. The summed E-state index contributed by atoms with van der Waals surface area (Å²) in [6.07, 6.45) is 15.6. The quantitative estimate of drug-likeness (QED) is 0.0470. The Morgan fingerprint density at radius 1 is 0.169 bits per heavy atom. The van der Waals surface area contributed by atoms with E-state index in [1.807, 2.05) is 0 Å². The minimum absolute atomic E-state index is 0. The van der Waals surface area contributed by atoms with Crippen LogP contribution in [0, 0.1) is 233 Å². The normalized spacial score (nSPS) is 13.3. The summed E-state index contributed by atoms with van der Waals surface area (Å²) in [7, 11) is 0. The molecule has 2 radical (unpaired) electrons. The van der Waals surface area contributed by atoms with Crippen LogP contribution in [0.4, 0.5) is 176 Å². The summed E-state index contributed by atoms with van der Waals surface area (Å²) in [6, 6.07) is 0. The van der Waals surface area contributed by atoms with E-state index in [1.54, 1.807) is 0 Å². The van der Waals surface area contributed by atoms with Gasteiger partial charge in [0, 0.05) is 11.1 Å². The molecule has 0 aromatic heterocycles. The van der Waals surface area contributed by atoms with Crippen LogP contribution in [0.5, 0.6) is 0 Å². The van der Waals surface area contributed by atoms with Crippen molar-refractivity contribution >= 4 is 67.9 Å². The van der Waals surface area contributed by atoms with Crippen LogP contribution in [0.2, 0.25) is 0 Å². The van der Waals surface area contributed by atoms with Gasteiger partial charge in [-0.05, 0) is 13.8 Å². The number of hydrogen-bond acceptors (Lipinski definition) is 2. The molecule has 124 heavy (non-hydrogen) atoms. The van der Waals surface area contributed by atoms with Crippen molar-refractivity contribution in [1.82, 2.24) is 0 Å². The molecule has 0 saturated heterocycles. The number of carbonyl (C=O) groups is 2. The van der Waals surface area contributed by atoms with Crippen molar-refractivity contribution < 1.29 is 248 Å². The van der Waals surface area contributed by atoms with E-state index in [1.165, 1.54) is 142 Å². The van der Waals surface area contributed by atoms with Crippen LogP contribution in [-0.4, -0.2) is 34.4 Å². The topological polar surface area (TPSA) is 74.6 Å². The fourth-order valence-corrected chi connectivity index (χ4v) is 13.3. The molecule has 670 valence electrons. The van der Waals surface area contributed by atoms with Gasteiger partial charge in [-0.3, -0.25) is 0 Å². The zero-order valence-corrected chi connectivity index (χ0v) is 67.5. The fourth-order valence-electron chi connectivity index (χ4n) is 13.3. The summed E-state index contributed by atoms with van der Waals surface area (Å²) in [5, 5.41) is 15.8. The van der Waals surface area contributed by atoms with Crippen molar-refractivity contribution in [2.24, 2.45) is 0 Å². The maximum atomic E-state index is 15.4. The van der Waals surface area contributed by atoms with E-state index >= 15 is 70.2 Å². The van der Waals surface area contributed by atoms with Crippen molar-refractivity contribution in [3.63, 3.8) is 0 Å². The molecule has 0 spiro atoms. The van der Waals surface area contributed by atoms with Gasteiger partial charge in [0.25, 0.3) is 0 Å². The average molecular weight is 1990 g/mol. The third kappa shape index (κ3) is 21.2. The van der Waals surface area contributed by atoms with Gasteiger partial charge in [-0.15, -0.1) is 43.7 Å². The van der Waals surface area contributed by atoms with E-state index in [0.717, 1.165) is 0 Å². The Bertz CT molecular complexity index is 4180. The Kier molecular flexibility index (Phi) is 40.3. The molecular weight excluding hydrogens is 1940 g/mol. The van der Waals surface area contributed by atoms with Gasteiger partial charge in [-0.1, -0.05) is 142 Å². The molecule has 12 rings (SSSR count). The first-order valence-corrected chi connectivity index (χ1v) is 34.9. The second-order valence-corrected chi connectivity index (χ2v) is 26.8. The number of carboxylic acid groups (broad SMARTS) is 2. The molecule has 0 heterocycles. The first kappa shape index (κ1) is 109. The molecule has 0 amide bonds. The standard InChI is InChI=1S/2C24BF20.4C5H10.2C4H6O2.2Zr/c2*26-5-1(6(27)14(35)21(42)13(5)34)25(2-7(28)15(36)22(43)16(37)8(2)29,3-9(30)17(38)23(44)18(39)10(3)31)4-11(32)19(40)24(45)20(41)12(4)33;4*1-2-4-5-3-1;2*1-3(2)4(5)6;;/h;;4*1-5H2;2*1H2,2H3,(H,5,6);;/q2*-1;;;;;;;2*+3. The Balaban J connectivity index is 0.000000462. The number of rotatable bonds is 10. The van der Waals surface area contributed by atoms with Gasteiger partial charge in [0.15, 0.2) is 140 Å². The van der Waals surface area contributed by atoms with E-state index in [9.17, 15) is 115 Å². The molecule has 4 aliphatic carbocycles. The molecule has 2 N–H and O–H groups in total. The van der Waals surface area contributed by atoms with E-state index in [0.29, 0.717) is 0 Å². The van der Waals surface area contributed by atoms with E-state index in [2.05, 4.69) is 13.2 Å². The molecule has 4 fully saturated rings. The molecule has 0 aliphatic heterocycles. The Hall–Kier alpha value is -8.72. The molecule has 8 aromatic carbocycles. The smallest absolute Gasteiger partial charge is 0.478 e. The van der Waals surface area contributed by atoms with Crippen LogP contribution in [-0.2, 0) is 62.0 Å². The van der Waals surface area contributed by atoms with Crippen LogP contribution in [0.25, 0.3) is 0 Å². The van der Waals surface area contributed by atoms with Crippen molar-refractivity contribution in [2.45, 2.75) is 142 Å². The van der Waals surface area contributed by atoms with Crippen LogP contribution >= 0.6 is 0 Å². The molecule has 0 atom stereocenters. The number of carboxylic acids is 2. The van der Waals surface area contributed by atoms with Gasteiger partial charge in [-0.2, -0.15) is 0 Å². The van der Waals surface area contributed by atoms with E-state index < -0.39 is 301 Å². The molecule has 4 nitrogen and oxygen atoms in total. The van der Waals surface area contributed by atoms with E-state index in [-0.39, 0.29) is 63.6 Å². The predicted molar refractivity (Wildman–Crippen MR) is 356 cm³/mol. The summed E-state index contributed by atoms with van der Waals surface area (Å²) < 4.78 is 588. The molecule has 4 aliphatic rings. The number of benzene rings is 8. The Labute approximate surface area is 711 Å². The number of halogens is 40. The van der Waals surface area contributed by atoms with Gasteiger partial charge in [0.1, 0.15) is 105 Å². The Morgan fingerprint density at radius 2 is 0.218 bits per heavy atom. The molecule has 0 unspecified atom stereocenters. The molecule has 0 bridgehead atoms. The van der Waals surface area contributed by atoms with Crippen molar-refractivity contribution in [2.75, 3.05) is 0 Å². The van der Waals surface area contributed by atoms with Crippen molar-refractivity contribution in [1.29, 1.82) is 0 Å². The van der Waals surface area contributed by atoms with Gasteiger partial charge >= 0.3 is 64.3 Å². The SMILES string of the molecule is C1CCCC1.C1CCCC1.C1CCCC1.C1CCCC1.C=C(C)C(=O)O.C=C(C)C(=O)O.Fc1c(F)c(F)c([B-](c2c(F)c(F)c(F)c(F)c2F)(c2c(F)c(F)c(F)c(F)c2F)c2c(F)c(F)c(F)c(F)c2F)c(F)c1F.Fc1c(F)c(F)c([B-](c2c(F)c(F)c(F)c(F)c2F)(c2c(F)c(F)c(F)c(F)c2F)c2c(F)c(F)c(F)c(F)c2F)c(F)c1F.[Zr+3].[Zr+3]. The monoisotopic (exact) mass is 1990 g/mol. The summed E-state index contributed by atoms with van der Waals surface area (Å²) in [5.41, 5.74) is -28.3. The number of hydrogen-bond donors (Lipinski definition) is 2. The molecule has 48 heteroatoms. The second-order valence-electron chi connectivity index (χ2n) is 26.8. The fraction of sp³-hybridized carbons (Fsp3) is 0.289. The van der Waals surface area contributed by atoms with Crippen LogP contribution in [0.15, 0.2) is 24.3 Å². The van der Waals surface area contributed by atoms with Crippen LogP contribution in [0.3, 0.4) is 0 Å². The predicted octanol–water partition coefficient (Wildman–Crippen LogP) is 20.8. The zero-order valence-electron chi connectivity index (χ0n) is 62.5. The molecule has 4 saturated carbocycles. The minimum Gasteiger partial charge on any atom is -0.478 e. The van der Waals surface area contributed by atoms with Gasteiger partial charge in [0.2, 0.25) is 0 Å². The van der Waals surface area contributed by atoms with Crippen LogP contribution < -0.4 is 43.7 Å². The van der Waals surface area contributed by atoms with Gasteiger partial charge in [-0.25, -0.2) is 185 Å². The Morgan fingerprint density at radius 3 is 0.266 bits per heavy atom. The summed E-state index contributed by atoms with van der Waals surface area (Å²) in [4.78, 5) is 19.2. The maximum Gasteiger partial charge on any atom is 3.00 e. The maximum absolute atomic E-state index is 15.4. The number of aliphatic carboxylic acids is 2. The summed E-state index contributed by atoms with van der Waals surface area (Å²) in [5.74, 6) is -145. The second kappa shape index (κ2) is 45.6. The van der Waals surface area contributed by atoms with Crippen LogP contribution in [0.1, 0.15) is 142 Å². The van der Waals surface area contributed by atoms with Crippen molar-refractivity contribution in [3.8, 4) is 0 Å².